The molecule has 0 bridgehead atoms. The van der Waals surface area contributed by atoms with E-state index < -0.39 is 0 Å². The fourth-order valence-corrected chi connectivity index (χ4v) is 3.45. The van der Waals surface area contributed by atoms with E-state index in [1.54, 1.807) is 49.3 Å². The molecule has 29 heavy (non-hydrogen) atoms. The van der Waals surface area contributed by atoms with Gasteiger partial charge in [0.1, 0.15) is 12.4 Å². The Hall–Kier alpha value is -2.38. The number of hydrogen-bond acceptors (Lipinski definition) is 4. The molecule has 1 aliphatic heterocycles. The zero-order chi connectivity index (χ0) is 20.8. The van der Waals surface area contributed by atoms with Gasteiger partial charge in [0.2, 0.25) is 5.91 Å². The quantitative estimate of drug-likeness (QED) is 0.680. The number of ether oxygens (including phenoxy) is 2. The number of halogens is 1. The molecule has 0 aliphatic carbocycles. The summed E-state index contributed by atoms with van der Waals surface area (Å²) in [5, 5.41) is 2.87. The van der Waals surface area contributed by atoms with Crippen LogP contribution in [-0.4, -0.2) is 50.1 Å². The summed E-state index contributed by atoms with van der Waals surface area (Å²) in [5.74, 6) is 0.508. The van der Waals surface area contributed by atoms with Crippen LogP contribution in [-0.2, 0) is 16.0 Å². The highest BCUT2D eigenvalue weighted by molar-refractivity contribution is 9.10. The maximum atomic E-state index is 12.5. The number of hydrogen-bond donors (Lipinski definition) is 1. The molecule has 1 atom stereocenters. The van der Waals surface area contributed by atoms with Gasteiger partial charge in [0.15, 0.2) is 0 Å². The molecule has 1 N–H and O–H groups in total. The number of likely N-dealkylation sites (N-methyl/N-ethyl adjacent to an activating group) is 1. The van der Waals surface area contributed by atoms with Gasteiger partial charge < -0.3 is 19.7 Å². The van der Waals surface area contributed by atoms with Gasteiger partial charge in [0.25, 0.3) is 5.91 Å². The summed E-state index contributed by atoms with van der Waals surface area (Å²) >= 11 is 3.47. The molecule has 154 valence electrons. The SMILES string of the molecule is CN(C)C(=O)Cc1ccc(NC(=O)c2ccc(OCC3CCCO3)c(Br)c2)cc1. The molecule has 0 spiro atoms. The second-order valence-electron chi connectivity index (χ2n) is 7.21. The maximum Gasteiger partial charge on any atom is 0.255 e. The van der Waals surface area contributed by atoms with Crippen LogP contribution in [0.2, 0.25) is 0 Å². The van der Waals surface area contributed by atoms with Crippen LogP contribution < -0.4 is 10.1 Å². The molecule has 6 nitrogen and oxygen atoms in total. The number of nitrogens with one attached hydrogen (secondary N) is 1. The summed E-state index contributed by atoms with van der Waals surface area (Å²) in [7, 11) is 3.46. The molecule has 2 amide bonds. The van der Waals surface area contributed by atoms with Crippen LogP contribution in [0.15, 0.2) is 46.9 Å². The van der Waals surface area contributed by atoms with E-state index in [2.05, 4.69) is 21.2 Å². The second kappa shape index (κ2) is 9.89. The van der Waals surface area contributed by atoms with Crippen LogP contribution in [0, 0.1) is 0 Å². The van der Waals surface area contributed by atoms with Crippen molar-refractivity contribution in [3.05, 3.63) is 58.1 Å². The highest BCUT2D eigenvalue weighted by atomic mass is 79.9. The number of benzene rings is 2. The topological polar surface area (TPSA) is 67.9 Å². The van der Waals surface area contributed by atoms with Gasteiger partial charge in [-0.3, -0.25) is 9.59 Å². The number of anilines is 1. The van der Waals surface area contributed by atoms with Crippen molar-refractivity contribution in [1.29, 1.82) is 0 Å². The summed E-state index contributed by atoms with van der Waals surface area (Å²) in [6, 6.07) is 12.5. The van der Waals surface area contributed by atoms with E-state index in [-0.39, 0.29) is 17.9 Å². The van der Waals surface area contributed by atoms with Crippen LogP contribution in [0.1, 0.15) is 28.8 Å². The lowest BCUT2D eigenvalue weighted by Crippen LogP contribution is -2.23. The molecular formula is C22H25BrN2O4. The van der Waals surface area contributed by atoms with Gasteiger partial charge >= 0.3 is 0 Å². The number of nitrogens with zero attached hydrogens (tertiary/aromatic N) is 1. The summed E-state index contributed by atoms with van der Waals surface area (Å²) in [6.45, 7) is 1.30. The number of carbonyl (C=O) groups is 2. The highest BCUT2D eigenvalue weighted by Gasteiger charge is 2.17. The third kappa shape index (κ3) is 6.05. The smallest absolute Gasteiger partial charge is 0.255 e. The molecule has 2 aromatic carbocycles. The molecule has 0 saturated carbocycles. The maximum absolute atomic E-state index is 12.5. The standard InChI is InChI=1S/C22H25BrN2O4/c1-25(2)21(26)12-15-5-8-17(9-6-15)24-22(27)16-7-10-20(19(23)13-16)29-14-18-4-3-11-28-18/h5-10,13,18H,3-4,11-12,14H2,1-2H3,(H,24,27). The minimum Gasteiger partial charge on any atom is -0.490 e. The third-order valence-electron chi connectivity index (χ3n) is 4.71. The molecule has 0 radical (unpaired) electrons. The minimum absolute atomic E-state index is 0.0356. The minimum atomic E-state index is -0.214. The van der Waals surface area contributed by atoms with Gasteiger partial charge in [-0.05, 0) is 64.7 Å². The average Bonchev–Trinajstić information content (AvgIpc) is 3.22. The van der Waals surface area contributed by atoms with Crippen molar-refractivity contribution < 1.29 is 19.1 Å². The lowest BCUT2D eigenvalue weighted by atomic mass is 10.1. The predicted octanol–water partition coefficient (Wildman–Crippen LogP) is 3.89. The first-order valence-electron chi connectivity index (χ1n) is 9.57. The summed E-state index contributed by atoms with van der Waals surface area (Å²) in [4.78, 5) is 25.9. The van der Waals surface area contributed by atoms with Gasteiger partial charge in [0, 0.05) is 32.0 Å². The van der Waals surface area contributed by atoms with E-state index in [9.17, 15) is 9.59 Å². The van der Waals surface area contributed by atoms with Crippen molar-refractivity contribution in [2.75, 3.05) is 32.6 Å². The zero-order valence-electron chi connectivity index (χ0n) is 16.6. The van der Waals surface area contributed by atoms with Gasteiger partial charge in [-0.2, -0.15) is 0 Å². The zero-order valence-corrected chi connectivity index (χ0v) is 18.2. The Kier molecular flexibility index (Phi) is 7.28. The van der Waals surface area contributed by atoms with Crippen molar-refractivity contribution in [2.24, 2.45) is 0 Å². The molecule has 1 fully saturated rings. The van der Waals surface area contributed by atoms with Crippen molar-refractivity contribution >= 4 is 33.4 Å². The Bertz CT molecular complexity index is 862. The Labute approximate surface area is 179 Å². The molecule has 2 aromatic rings. The summed E-state index contributed by atoms with van der Waals surface area (Å²) in [5.41, 5.74) is 2.09. The van der Waals surface area contributed by atoms with E-state index in [1.807, 2.05) is 12.1 Å². The Morgan fingerprint density at radius 3 is 2.59 bits per heavy atom. The molecule has 1 saturated heterocycles. The fraction of sp³-hybridized carbons (Fsp3) is 0.364. The third-order valence-corrected chi connectivity index (χ3v) is 5.33. The number of carbonyl (C=O) groups excluding carboxylic acids is 2. The first kappa shape index (κ1) is 21.3. The monoisotopic (exact) mass is 460 g/mol. The lowest BCUT2D eigenvalue weighted by Gasteiger charge is -2.13. The Morgan fingerprint density at radius 1 is 1.21 bits per heavy atom. The first-order valence-corrected chi connectivity index (χ1v) is 10.4. The van der Waals surface area contributed by atoms with Crippen molar-refractivity contribution in [2.45, 2.75) is 25.4 Å². The van der Waals surface area contributed by atoms with E-state index in [0.717, 1.165) is 29.5 Å². The largest absolute Gasteiger partial charge is 0.490 e. The Balaban J connectivity index is 1.57. The van der Waals surface area contributed by atoms with Gasteiger partial charge in [-0.15, -0.1) is 0 Å². The molecule has 1 unspecified atom stereocenters. The summed E-state index contributed by atoms with van der Waals surface area (Å²) in [6.07, 6.45) is 2.56. The van der Waals surface area contributed by atoms with Crippen LogP contribution in [0.3, 0.4) is 0 Å². The van der Waals surface area contributed by atoms with Crippen LogP contribution in [0.25, 0.3) is 0 Å². The van der Waals surface area contributed by atoms with Crippen LogP contribution >= 0.6 is 15.9 Å². The second-order valence-corrected chi connectivity index (χ2v) is 8.06. The molecule has 1 heterocycles. The lowest BCUT2D eigenvalue weighted by molar-refractivity contribution is -0.127. The molecule has 7 heteroatoms. The fourth-order valence-electron chi connectivity index (χ4n) is 2.96. The van der Waals surface area contributed by atoms with Crippen molar-refractivity contribution in [1.82, 2.24) is 4.90 Å². The van der Waals surface area contributed by atoms with Gasteiger partial charge in [-0.25, -0.2) is 0 Å². The average molecular weight is 461 g/mol. The van der Waals surface area contributed by atoms with E-state index in [1.165, 1.54) is 0 Å². The summed E-state index contributed by atoms with van der Waals surface area (Å²) < 4.78 is 12.1. The van der Waals surface area contributed by atoms with Crippen LogP contribution in [0.4, 0.5) is 5.69 Å². The van der Waals surface area contributed by atoms with E-state index in [0.29, 0.717) is 30.0 Å². The normalized spacial score (nSPS) is 15.8. The molecule has 1 aliphatic rings. The Morgan fingerprint density at radius 2 is 1.97 bits per heavy atom. The molecule has 3 rings (SSSR count). The number of rotatable bonds is 7. The van der Waals surface area contributed by atoms with Crippen molar-refractivity contribution in [3.63, 3.8) is 0 Å². The molecular weight excluding hydrogens is 436 g/mol. The number of amides is 2. The van der Waals surface area contributed by atoms with Crippen LogP contribution in [0.5, 0.6) is 5.75 Å². The molecule has 0 aromatic heterocycles. The highest BCUT2D eigenvalue weighted by Crippen LogP contribution is 2.27. The van der Waals surface area contributed by atoms with Gasteiger partial charge in [-0.1, -0.05) is 12.1 Å². The van der Waals surface area contributed by atoms with E-state index >= 15 is 0 Å². The van der Waals surface area contributed by atoms with Gasteiger partial charge in [0.05, 0.1) is 17.0 Å². The first-order chi connectivity index (χ1) is 13.9. The van der Waals surface area contributed by atoms with E-state index in [4.69, 9.17) is 9.47 Å². The van der Waals surface area contributed by atoms with Crippen molar-refractivity contribution in [3.8, 4) is 5.75 Å². The predicted molar refractivity (Wildman–Crippen MR) is 115 cm³/mol.